The maximum Gasteiger partial charge on any atom is 0.243 e. The Balaban J connectivity index is 1.54. The van der Waals surface area contributed by atoms with Gasteiger partial charge in [0.25, 0.3) is 0 Å². The minimum absolute atomic E-state index is 0.0503. The topological polar surface area (TPSA) is 66.9 Å². The van der Waals surface area contributed by atoms with E-state index in [-0.39, 0.29) is 37.0 Å². The van der Waals surface area contributed by atoms with Crippen LogP contribution < -0.4 is 4.74 Å². The van der Waals surface area contributed by atoms with Gasteiger partial charge in [-0.2, -0.15) is 4.31 Å². The van der Waals surface area contributed by atoms with Gasteiger partial charge in [0.15, 0.2) is 11.6 Å². The highest BCUT2D eigenvalue weighted by molar-refractivity contribution is 7.89. The van der Waals surface area contributed by atoms with Crippen molar-refractivity contribution >= 4 is 15.9 Å². The normalized spacial score (nSPS) is 15.3. The number of nitrogens with zero attached hydrogens (tertiary/aromatic N) is 2. The Morgan fingerprint density at radius 3 is 2.24 bits per heavy atom. The van der Waals surface area contributed by atoms with Crippen molar-refractivity contribution in [3.05, 3.63) is 59.7 Å². The SMILES string of the molecule is COc1ccc(CCC(=O)N2CCN(S(=O)(=O)c3ccc(F)c(F)c3)CC2)cc1. The Labute approximate surface area is 168 Å². The van der Waals surface area contributed by atoms with Crippen molar-refractivity contribution < 1.29 is 26.7 Å². The van der Waals surface area contributed by atoms with Crippen LogP contribution in [0.4, 0.5) is 8.78 Å². The number of benzene rings is 2. The van der Waals surface area contributed by atoms with Crippen molar-refractivity contribution in [2.75, 3.05) is 33.3 Å². The molecule has 1 aliphatic heterocycles. The number of methoxy groups -OCH3 is 1. The zero-order valence-corrected chi connectivity index (χ0v) is 16.8. The minimum Gasteiger partial charge on any atom is -0.497 e. The molecule has 9 heteroatoms. The highest BCUT2D eigenvalue weighted by Gasteiger charge is 2.30. The summed E-state index contributed by atoms with van der Waals surface area (Å²) < 4.78 is 58.0. The maximum atomic E-state index is 13.4. The minimum atomic E-state index is -3.94. The Bertz CT molecular complexity index is 972. The predicted molar refractivity (Wildman–Crippen MR) is 103 cm³/mol. The van der Waals surface area contributed by atoms with E-state index in [1.165, 1.54) is 4.31 Å². The summed E-state index contributed by atoms with van der Waals surface area (Å²) in [5, 5.41) is 0. The van der Waals surface area contributed by atoms with E-state index in [2.05, 4.69) is 0 Å². The molecule has 0 radical (unpaired) electrons. The number of hydrogen-bond donors (Lipinski definition) is 0. The Kier molecular flexibility index (Phi) is 6.49. The molecular weight excluding hydrogens is 402 g/mol. The van der Waals surface area contributed by atoms with E-state index in [0.29, 0.717) is 18.9 Å². The fraction of sp³-hybridized carbons (Fsp3) is 0.350. The van der Waals surface area contributed by atoms with Crippen LogP contribution in [-0.2, 0) is 21.2 Å². The van der Waals surface area contributed by atoms with Crippen molar-refractivity contribution in [3.8, 4) is 5.75 Å². The van der Waals surface area contributed by atoms with Crippen molar-refractivity contribution in [2.45, 2.75) is 17.7 Å². The summed E-state index contributed by atoms with van der Waals surface area (Å²) in [6.07, 6.45) is 0.901. The number of amides is 1. The second kappa shape index (κ2) is 8.87. The number of rotatable bonds is 6. The van der Waals surface area contributed by atoms with Crippen LogP contribution in [0.2, 0.25) is 0 Å². The smallest absolute Gasteiger partial charge is 0.243 e. The monoisotopic (exact) mass is 424 g/mol. The van der Waals surface area contributed by atoms with Gasteiger partial charge in [0.05, 0.1) is 12.0 Å². The maximum absolute atomic E-state index is 13.4. The standard InChI is InChI=1S/C20H22F2N2O4S/c1-28-16-5-2-15(3-6-16)4-9-20(25)23-10-12-24(13-11-23)29(26,27)17-7-8-18(21)19(22)14-17/h2-3,5-8,14H,4,9-13H2,1H3. The molecule has 1 aliphatic rings. The van der Waals surface area contributed by atoms with Crippen molar-refractivity contribution in [3.63, 3.8) is 0 Å². The number of ether oxygens (including phenoxy) is 1. The molecule has 156 valence electrons. The van der Waals surface area contributed by atoms with Gasteiger partial charge in [0.1, 0.15) is 5.75 Å². The molecule has 0 aliphatic carbocycles. The molecule has 1 fully saturated rings. The molecule has 0 aromatic heterocycles. The molecule has 6 nitrogen and oxygen atoms in total. The Morgan fingerprint density at radius 1 is 1.00 bits per heavy atom. The van der Waals surface area contributed by atoms with Gasteiger partial charge in [-0.25, -0.2) is 17.2 Å². The molecule has 0 spiro atoms. The third-order valence-electron chi connectivity index (χ3n) is 4.91. The first-order valence-electron chi connectivity index (χ1n) is 9.17. The van der Waals surface area contributed by atoms with Gasteiger partial charge in [0.2, 0.25) is 15.9 Å². The molecule has 0 saturated carbocycles. The molecule has 2 aromatic rings. The summed E-state index contributed by atoms with van der Waals surface area (Å²) in [4.78, 5) is 13.8. The van der Waals surface area contributed by atoms with Crippen molar-refractivity contribution in [1.29, 1.82) is 0 Å². The van der Waals surface area contributed by atoms with Gasteiger partial charge < -0.3 is 9.64 Å². The molecule has 2 aromatic carbocycles. The Hall–Kier alpha value is -2.52. The van der Waals surface area contributed by atoms with Gasteiger partial charge in [-0.3, -0.25) is 4.79 Å². The first-order chi connectivity index (χ1) is 13.8. The van der Waals surface area contributed by atoms with E-state index >= 15 is 0 Å². The molecule has 0 N–H and O–H groups in total. The van der Waals surface area contributed by atoms with Crippen LogP contribution in [0.1, 0.15) is 12.0 Å². The summed E-state index contributed by atoms with van der Waals surface area (Å²) in [6.45, 7) is 0.722. The molecule has 1 heterocycles. The highest BCUT2D eigenvalue weighted by Crippen LogP contribution is 2.20. The summed E-state index contributed by atoms with van der Waals surface area (Å²) in [7, 11) is -2.35. The van der Waals surface area contributed by atoms with Crippen LogP contribution in [0.5, 0.6) is 5.75 Å². The quantitative estimate of drug-likeness (QED) is 0.715. The van der Waals surface area contributed by atoms with E-state index < -0.39 is 21.7 Å². The summed E-state index contributed by atoms with van der Waals surface area (Å²) in [5.74, 6) is -1.61. The molecule has 1 amide bonds. The van der Waals surface area contributed by atoms with Crippen LogP contribution in [0, 0.1) is 11.6 Å². The van der Waals surface area contributed by atoms with Crippen LogP contribution in [0.25, 0.3) is 0 Å². The lowest BCUT2D eigenvalue weighted by Crippen LogP contribution is -2.50. The molecule has 1 saturated heterocycles. The lowest BCUT2D eigenvalue weighted by Gasteiger charge is -2.34. The van der Waals surface area contributed by atoms with E-state index in [1.807, 2.05) is 24.3 Å². The fourth-order valence-electron chi connectivity index (χ4n) is 3.17. The average Bonchev–Trinajstić information content (AvgIpc) is 2.74. The number of aryl methyl sites for hydroxylation is 1. The molecule has 0 unspecified atom stereocenters. The second-order valence-corrected chi connectivity index (χ2v) is 8.65. The average molecular weight is 424 g/mol. The van der Waals surface area contributed by atoms with Gasteiger partial charge in [-0.15, -0.1) is 0 Å². The number of carbonyl (C=O) groups is 1. The molecule has 0 bridgehead atoms. The lowest BCUT2D eigenvalue weighted by molar-refractivity contribution is -0.132. The van der Waals surface area contributed by atoms with Gasteiger partial charge in [-0.05, 0) is 42.3 Å². The van der Waals surface area contributed by atoms with E-state index in [1.54, 1.807) is 12.0 Å². The third kappa shape index (κ3) is 4.91. The number of sulfonamides is 1. The summed E-state index contributed by atoms with van der Waals surface area (Å²) >= 11 is 0. The van der Waals surface area contributed by atoms with Crippen LogP contribution in [0.15, 0.2) is 47.4 Å². The largest absolute Gasteiger partial charge is 0.497 e. The van der Waals surface area contributed by atoms with Gasteiger partial charge in [-0.1, -0.05) is 12.1 Å². The zero-order valence-electron chi connectivity index (χ0n) is 16.0. The number of carbonyl (C=O) groups excluding carboxylic acids is 1. The van der Waals surface area contributed by atoms with Crippen LogP contribution in [-0.4, -0.2) is 56.8 Å². The lowest BCUT2D eigenvalue weighted by atomic mass is 10.1. The highest BCUT2D eigenvalue weighted by atomic mass is 32.2. The van der Waals surface area contributed by atoms with Crippen LogP contribution >= 0.6 is 0 Å². The van der Waals surface area contributed by atoms with E-state index in [4.69, 9.17) is 4.74 Å². The molecule has 0 atom stereocenters. The zero-order chi connectivity index (χ0) is 21.0. The number of hydrogen-bond acceptors (Lipinski definition) is 4. The van der Waals surface area contributed by atoms with Gasteiger partial charge in [0, 0.05) is 32.6 Å². The van der Waals surface area contributed by atoms with Crippen LogP contribution in [0.3, 0.4) is 0 Å². The van der Waals surface area contributed by atoms with Crippen molar-refractivity contribution in [1.82, 2.24) is 9.21 Å². The van der Waals surface area contributed by atoms with E-state index in [9.17, 15) is 22.0 Å². The summed E-state index contributed by atoms with van der Waals surface area (Å²) in [5.41, 5.74) is 1.01. The Morgan fingerprint density at radius 2 is 1.66 bits per heavy atom. The number of halogens is 2. The van der Waals surface area contributed by atoms with Crippen molar-refractivity contribution in [2.24, 2.45) is 0 Å². The molecule has 29 heavy (non-hydrogen) atoms. The van der Waals surface area contributed by atoms with E-state index in [0.717, 1.165) is 23.4 Å². The third-order valence-corrected chi connectivity index (χ3v) is 6.80. The second-order valence-electron chi connectivity index (χ2n) is 6.71. The summed E-state index contributed by atoms with van der Waals surface area (Å²) in [6, 6.07) is 9.98. The first kappa shape index (κ1) is 21.2. The predicted octanol–water partition coefficient (Wildman–Crippen LogP) is 2.44. The number of piperazine rings is 1. The van der Waals surface area contributed by atoms with Gasteiger partial charge >= 0.3 is 0 Å². The molecular formula is C20H22F2N2O4S. The fourth-order valence-corrected chi connectivity index (χ4v) is 4.60. The molecule has 3 rings (SSSR count). The first-order valence-corrected chi connectivity index (χ1v) is 10.6.